The third kappa shape index (κ3) is 4.22. The zero-order chi connectivity index (χ0) is 14.4. The lowest BCUT2D eigenvalue weighted by atomic mass is 10.0. The molecule has 1 aromatic carbocycles. The summed E-state index contributed by atoms with van der Waals surface area (Å²) >= 11 is 0. The molecule has 1 fully saturated rings. The van der Waals surface area contributed by atoms with Crippen LogP contribution in [0.25, 0.3) is 0 Å². The van der Waals surface area contributed by atoms with Crippen LogP contribution >= 0.6 is 0 Å². The minimum atomic E-state index is -0.204. The Morgan fingerprint density at radius 1 is 1.55 bits per heavy atom. The van der Waals surface area contributed by atoms with Crippen LogP contribution in [-0.2, 0) is 0 Å². The number of aliphatic hydroxyl groups excluding tert-OH is 1. The van der Waals surface area contributed by atoms with Gasteiger partial charge in [0.1, 0.15) is 5.75 Å². The summed E-state index contributed by atoms with van der Waals surface area (Å²) in [6.07, 6.45) is 1.84. The van der Waals surface area contributed by atoms with Crippen molar-refractivity contribution >= 4 is 0 Å². The van der Waals surface area contributed by atoms with E-state index in [2.05, 4.69) is 11.0 Å². The highest BCUT2D eigenvalue weighted by molar-refractivity contribution is 5.36. The second-order valence-electron chi connectivity index (χ2n) is 5.43. The maximum absolute atomic E-state index is 9.56. The van der Waals surface area contributed by atoms with E-state index in [1.165, 1.54) is 0 Å². The number of benzene rings is 1. The van der Waals surface area contributed by atoms with Crippen molar-refractivity contribution in [2.45, 2.75) is 25.9 Å². The molecular weight excluding hydrogens is 252 g/mol. The van der Waals surface area contributed by atoms with Crippen LogP contribution in [0.2, 0.25) is 0 Å². The Morgan fingerprint density at radius 3 is 3.10 bits per heavy atom. The largest absolute Gasteiger partial charge is 0.494 e. The first-order valence-electron chi connectivity index (χ1n) is 7.22. The summed E-state index contributed by atoms with van der Waals surface area (Å²) in [5.41, 5.74) is 0.627. The zero-order valence-corrected chi connectivity index (χ0v) is 12.0. The van der Waals surface area contributed by atoms with Crippen LogP contribution in [0.15, 0.2) is 24.3 Å². The number of hydrogen-bond donors (Lipinski definition) is 1. The maximum atomic E-state index is 9.56. The lowest BCUT2D eigenvalue weighted by Gasteiger charge is -2.17. The molecule has 0 bridgehead atoms. The minimum Gasteiger partial charge on any atom is -0.494 e. The quantitative estimate of drug-likeness (QED) is 0.806. The van der Waals surface area contributed by atoms with Crippen molar-refractivity contribution in [2.24, 2.45) is 5.92 Å². The minimum absolute atomic E-state index is 0.204. The van der Waals surface area contributed by atoms with Crippen molar-refractivity contribution in [2.75, 3.05) is 26.2 Å². The van der Waals surface area contributed by atoms with E-state index in [1.807, 2.05) is 19.1 Å². The Morgan fingerprint density at radius 2 is 2.40 bits per heavy atom. The van der Waals surface area contributed by atoms with Crippen LogP contribution in [0.3, 0.4) is 0 Å². The molecule has 1 saturated heterocycles. The van der Waals surface area contributed by atoms with Crippen molar-refractivity contribution in [3.63, 3.8) is 0 Å². The fourth-order valence-corrected chi connectivity index (χ4v) is 2.59. The first-order chi connectivity index (χ1) is 9.69. The summed E-state index contributed by atoms with van der Waals surface area (Å²) in [7, 11) is 0. The van der Waals surface area contributed by atoms with Gasteiger partial charge in [-0.2, -0.15) is 5.26 Å². The maximum Gasteiger partial charge on any atom is 0.120 e. The molecular formula is C16H22N2O2. The molecule has 1 heterocycles. The highest BCUT2D eigenvalue weighted by Gasteiger charge is 2.25. The predicted octanol–water partition coefficient (Wildman–Crippen LogP) is 2.03. The Kier molecular flexibility index (Phi) is 5.40. The monoisotopic (exact) mass is 274 g/mol. The van der Waals surface area contributed by atoms with Gasteiger partial charge in [0.15, 0.2) is 0 Å². The van der Waals surface area contributed by atoms with Crippen LogP contribution in [-0.4, -0.2) is 42.4 Å². The average molecular weight is 274 g/mol. The van der Waals surface area contributed by atoms with E-state index in [1.54, 1.807) is 12.1 Å². The van der Waals surface area contributed by atoms with Crippen LogP contribution < -0.4 is 4.74 Å². The molecule has 0 amide bonds. The molecule has 0 saturated carbocycles. The van der Waals surface area contributed by atoms with E-state index >= 15 is 0 Å². The van der Waals surface area contributed by atoms with Gasteiger partial charge >= 0.3 is 0 Å². The lowest BCUT2D eigenvalue weighted by Crippen LogP contribution is -2.26. The number of ether oxygens (including phenoxy) is 1. The Labute approximate surface area is 120 Å². The molecule has 1 aliphatic rings. The molecule has 2 unspecified atom stereocenters. The normalized spacial score (nSPS) is 20.6. The van der Waals surface area contributed by atoms with Gasteiger partial charge < -0.3 is 14.7 Å². The Hall–Kier alpha value is -1.57. The highest BCUT2D eigenvalue weighted by atomic mass is 16.5. The van der Waals surface area contributed by atoms with Gasteiger partial charge in [-0.3, -0.25) is 0 Å². The molecule has 2 rings (SSSR count). The second kappa shape index (κ2) is 7.28. The lowest BCUT2D eigenvalue weighted by molar-refractivity contribution is 0.127. The number of hydrogen-bond acceptors (Lipinski definition) is 4. The van der Waals surface area contributed by atoms with Gasteiger partial charge in [0, 0.05) is 13.1 Å². The molecule has 4 heteroatoms. The number of nitriles is 1. The van der Waals surface area contributed by atoms with Crippen molar-refractivity contribution in [3.05, 3.63) is 29.8 Å². The first-order valence-corrected chi connectivity index (χ1v) is 7.22. The molecule has 0 aromatic heterocycles. The van der Waals surface area contributed by atoms with E-state index in [9.17, 15) is 5.11 Å². The van der Waals surface area contributed by atoms with E-state index in [4.69, 9.17) is 10.00 Å². The number of rotatable bonds is 6. The predicted molar refractivity (Wildman–Crippen MR) is 77.5 cm³/mol. The Bertz CT molecular complexity index is 468. The fraction of sp³-hybridized carbons (Fsp3) is 0.562. The highest BCUT2D eigenvalue weighted by Crippen LogP contribution is 2.19. The molecule has 108 valence electrons. The van der Waals surface area contributed by atoms with Crippen LogP contribution in [0.1, 0.15) is 25.3 Å². The molecule has 0 spiro atoms. The molecule has 1 aromatic rings. The van der Waals surface area contributed by atoms with Crippen molar-refractivity contribution < 1.29 is 9.84 Å². The van der Waals surface area contributed by atoms with Gasteiger partial charge in [-0.1, -0.05) is 6.07 Å². The first kappa shape index (κ1) is 14.8. The van der Waals surface area contributed by atoms with Gasteiger partial charge in [-0.25, -0.2) is 0 Å². The van der Waals surface area contributed by atoms with Crippen LogP contribution in [0, 0.1) is 17.2 Å². The smallest absolute Gasteiger partial charge is 0.120 e. The van der Waals surface area contributed by atoms with Gasteiger partial charge in [0.2, 0.25) is 0 Å². The number of likely N-dealkylation sites (tertiary alicyclic amines) is 1. The number of aliphatic hydroxyl groups is 1. The van der Waals surface area contributed by atoms with Crippen LogP contribution in [0.4, 0.5) is 0 Å². The SMILES string of the molecule is CC(O)C1CCN(CCCOc2cccc(C#N)c2)C1. The summed E-state index contributed by atoms with van der Waals surface area (Å²) in [5.74, 6) is 1.18. The summed E-state index contributed by atoms with van der Waals surface area (Å²) in [4.78, 5) is 2.38. The molecule has 4 nitrogen and oxygen atoms in total. The van der Waals surface area contributed by atoms with Gasteiger partial charge in [-0.15, -0.1) is 0 Å². The fourth-order valence-electron chi connectivity index (χ4n) is 2.59. The van der Waals surface area contributed by atoms with Gasteiger partial charge in [0.25, 0.3) is 0 Å². The zero-order valence-electron chi connectivity index (χ0n) is 12.0. The van der Waals surface area contributed by atoms with Crippen molar-refractivity contribution in [1.29, 1.82) is 5.26 Å². The van der Waals surface area contributed by atoms with E-state index in [0.717, 1.165) is 38.2 Å². The number of nitrogens with zero attached hydrogens (tertiary/aromatic N) is 2. The standard InChI is InChI=1S/C16H22N2O2/c1-13(19)15-6-8-18(12-15)7-3-9-20-16-5-2-4-14(10-16)11-17/h2,4-5,10,13,15,19H,3,6-9,12H2,1H3. The summed E-state index contributed by atoms with van der Waals surface area (Å²) < 4.78 is 5.66. The summed E-state index contributed by atoms with van der Waals surface area (Å²) in [6, 6.07) is 9.35. The van der Waals surface area contributed by atoms with Gasteiger partial charge in [0.05, 0.1) is 24.3 Å². The molecule has 0 radical (unpaired) electrons. The third-order valence-corrected chi connectivity index (χ3v) is 3.84. The molecule has 0 aliphatic carbocycles. The molecule has 1 N–H and O–H groups in total. The topological polar surface area (TPSA) is 56.5 Å². The van der Waals surface area contributed by atoms with E-state index in [-0.39, 0.29) is 6.10 Å². The molecule has 2 atom stereocenters. The summed E-state index contributed by atoms with van der Waals surface area (Å²) in [5, 5.41) is 18.4. The second-order valence-corrected chi connectivity index (χ2v) is 5.43. The Balaban J connectivity index is 1.66. The van der Waals surface area contributed by atoms with E-state index < -0.39 is 0 Å². The van der Waals surface area contributed by atoms with Crippen molar-refractivity contribution in [3.8, 4) is 11.8 Å². The van der Waals surface area contributed by atoms with E-state index in [0.29, 0.717) is 18.1 Å². The molecule has 20 heavy (non-hydrogen) atoms. The summed E-state index contributed by atoms with van der Waals surface area (Å²) in [6.45, 7) is 5.59. The molecule has 1 aliphatic heterocycles. The van der Waals surface area contributed by atoms with Crippen molar-refractivity contribution in [1.82, 2.24) is 4.90 Å². The van der Waals surface area contributed by atoms with Gasteiger partial charge in [-0.05, 0) is 50.4 Å². The third-order valence-electron chi connectivity index (χ3n) is 3.84. The average Bonchev–Trinajstić information content (AvgIpc) is 2.93. The van der Waals surface area contributed by atoms with Crippen LogP contribution in [0.5, 0.6) is 5.75 Å².